The van der Waals surface area contributed by atoms with E-state index in [9.17, 15) is 9.18 Å². The van der Waals surface area contributed by atoms with Crippen LogP contribution in [0.25, 0.3) is 0 Å². The molecule has 0 aliphatic carbocycles. The van der Waals surface area contributed by atoms with Crippen molar-refractivity contribution in [2.75, 3.05) is 20.1 Å². The maximum absolute atomic E-state index is 14.1. The minimum Gasteiger partial charge on any atom is -0.347 e. The molecule has 3 rings (SSSR count). The number of carbonyl (C=O) groups excluding carboxylic acids is 1. The molecule has 5 heteroatoms. The van der Waals surface area contributed by atoms with E-state index >= 15 is 0 Å². The first-order valence-corrected chi connectivity index (χ1v) is 8.40. The monoisotopic (exact) mass is 329 g/mol. The van der Waals surface area contributed by atoms with Crippen LogP contribution in [0.5, 0.6) is 0 Å². The number of halogens is 1. The Morgan fingerprint density at radius 2 is 1.88 bits per heavy atom. The number of likely N-dealkylation sites (tertiary alicyclic amines) is 1. The van der Waals surface area contributed by atoms with Crippen molar-refractivity contribution in [2.24, 2.45) is 7.05 Å². The van der Waals surface area contributed by atoms with Crippen LogP contribution >= 0.6 is 0 Å². The van der Waals surface area contributed by atoms with Gasteiger partial charge in [-0.05, 0) is 51.2 Å². The number of aryl methyl sites for hydroxylation is 1. The molecule has 0 radical (unpaired) electrons. The second-order valence-corrected chi connectivity index (χ2v) is 6.56. The highest BCUT2D eigenvalue weighted by Gasteiger charge is 2.29. The van der Waals surface area contributed by atoms with Crippen molar-refractivity contribution in [3.63, 3.8) is 0 Å². The molecule has 0 N–H and O–H groups in total. The predicted octanol–water partition coefficient (Wildman–Crippen LogP) is 2.90. The summed E-state index contributed by atoms with van der Waals surface area (Å²) >= 11 is 0. The number of hydrogen-bond donors (Lipinski definition) is 0. The Kier molecular flexibility index (Phi) is 5.00. The molecule has 1 aromatic heterocycles. The first-order chi connectivity index (χ1) is 11.6. The third-order valence-electron chi connectivity index (χ3n) is 4.85. The fourth-order valence-corrected chi connectivity index (χ4v) is 3.31. The fourth-order valence-electron chi connectivity index (χ4n) is 3.31. The Balaban J connectivity index is 1.87. The van der Waals surface area contributed by atoms with Crippen molar-refractivity contribution in [3.8, 4) is 0 Å². The summed E-state index contributed by atoms with van der Waals surface area (Å²) in [5.41, 5.74) is 1.21. The molecule has 1 aliphatic heterocycles. The first-order valence-electron chi connectivity index (χ1n) is 8.40. The summed E-state index contributed by atoms with van der Waals surface area (Å²) < 4.78 is 15.9. The minimum atomic E-state index is -0.255. The molecule has 1 fully saturated rings. The number of amides is 1. The van der Waals surface area contributed by atoms with E-state index in [1.807, 2.05) is 40.9 Å². The van der Waals surface area contributed by atoms with E-state index in [4.69, 9.17) is 0 Å². The lowest BCUT2D eigenvalue weighted by Crippen LogP contribution is -2.46. The van der Waals surface area contributed by atoms with Gasteiger partial charge in [0, 0.05) is 31.4 Å². The van der Waals surface area contributed by atoms with Gasteiger partial charge in [-0.15, -0.1) is 0 Å². The number of piperidine rings is 1. The third-order valence-corrected chi connectivity index (χ3v) is 4.85. The third kappa shape index (κ3) is 3.51. The Morgan fingerprint density at radius 1 is 1.17 bits per heavy atom. The lowest BCUT2D eigenvalue weighted by Gasteiger charge is -2.37. The number of hydrogen-bond acceptors (Lipinski definition) is 2. The summed E-state index contributed by atoms with van der Waals surface area (Å²) in [6.07, 6.45) is 3.70. The molecule has 1 aliphatic rings. The minimum absolute atomic E-state index is 0.0275. The second-order valence-electron chi connectivity index (χ2n) is 6.56. The van der Waals surface area contributed by atoms with Gasteiger partial charge in [0.05, 0.1) is 0 Å². The van der Waals surface area contributed by atoms with Crippen LogP contribution in [0.2, 0.25) is 0 Å². The van der Waals surface area contributed by atoms with E-state index in [0.29, 0.717) is 17.8 Å². The highest BCUT2D eigenvalue weighted by atomic mass is 19.1. The topological polar surface area (TPSA) is 28.5 Å². The van der Waals surface area contributed by atoms with Crippen LogP contribution in [0.3, 0.4) is 0 Å². The molecule has 1 amide bonds. The Morgan fingerprint density at radius 3 is 2.50 bits per heavy atom. The number of benzene rings is 1. The zero-order chi connectivity index (χ0) is 17.1. The van der Waals surface area contributed by atoms with Crippen molar-refractivity contribution in [2.45, 2.75) is 25.4 Å². The summed E-state index contributed by atoms with van der Waals surface area (Å²) in [5, 5.41) is 0. The first kappa shape index (κ1) is 16.7. The summed E-state index contributed by atoms with van der Waals surface area (Å²) in [5.74, 6) is -0.282. The van der Waals surface area contributed by atoms with Gasteiger partial charge in [0.1, 0.15) is 11.5 Å². The van der Waals surface area contributed by atoms with Crippen molar-refractivity contribution in [1.82, 2.24) is 14.4 Å². The van der Waals surface area contributed by atoms with Gasteiger partial charge in [-0.3, -0.25) is 4.79 Å². The van der Waals surface area contributed by atoms with Gasteiger partial charge in [-0.25, -0.2) is 4.39 Å². The molecule has 2 heterocycles. The maximum atomic E-state index is 14.1. The Labute approximate surface area is 142 Å². The molecule has 1 saturated heterocycles. The van der Waals surface area contributed by atoms with Crippen molar-refractivity contribution < 1.29 is 9.18 Å². The van der Waals surface area contributed by atoms with Gasteiger partial charge in [0.2, 0.25) is 0 Å². The van der Waals surface area contributed by atoms with Crippen molar-refractivity contribution >= 4 is 5.91 Å². The molecular formula is C19H24FN3O. The van der Waals surface area contributed by atoms with Crippen LogP contribution in [0.15, 0.2) is 42.6 Å². The summed E-state index contributed by atoms with van der Waals surface area (Å²) in [6.45, 7) is 2.22. The maximum Gasteiger partial charge on any atom is 0.271 e. The van der Waals surface area contributed by atoms with Gasteiger partial charge in [0.15, 0.2) is 0 Å². The average Bonchev–Trinajstić information content (AvgIpc) is 3.01. The fraction of sp³-hybridized carbons (Fsp3) is 0.421. The van der Waals surface area contributed by atoms with Crippen LogP contribution in [-0.4, -0.2) is 46.5 Å². The standard InChI is InChI=1S/C19H24FN3O/c1-21-12-9-16(10-13-21)23(14-15-6-3-4-7-17(15)20)19(24)18-8-5-11-22(18)2/h3-8,11,16H,9-10,12-14H2,1-2H3. The highest BCUT2D eigenvalue weighted by Crippen LogP contribution is 2.22. The summed E-state index contributed by atoms with van der Waals surface area (Å²) in [4.78, 5) is 17.2. The van der Waals surface area contributed by atoms with Crippen LogP contribution < -0.4 is 0 Å². The summed E-state index contributed by atoms with van der Waals surface area (Å²) in [7, 11) is 3.96. The largest absolute Gasteiger partial charge is 0.347 e. The molecule has 0 saturated carbocycles. The smallest absolute Gasteiger partial charge is 0.271 e. The van der Waals surface area contributed by atoms with E-state index in [2.05, 4.69) is 11.9 Å². The molecule has 1 aromatic carbocycles. The van der Waals surface area contributed by atoms with E-state index in [-0.39, 0.29) is 17.8 Å². The lowest BCUT2D eigenvalue weighted by atomic mass is 10.0. The number of aromatic nitrogens is 1. The average molecular weight is 329 g/mol. The molecule has 0 unspecified atom stereocenters. The number of carbonyl (C=O) groups is 1. The van der Waals surface area contributed by atoms with E-state index in [1.165, 1.54) is 6.07 Å². The van der Waals surface area contributed by atoms with Crippen LogP contribution in [0.4, 0.5) is 4.39 Å². The number of rotatable bonds is 4. The van der Waals surface area contributed by atoms with Crippen LogP contribution in [0.1, 0.15) is 28.9 Å². The summed E-state index contributed by atoms with van der Waals surface area (Å²) in [6, 6.07) is 10.5. The highest BCUT2D eigenvalue weighted by molar-refractivity contribution is 5.93. The van der Waals surface area contributed by atoms with Crippen LogP contribution in [0, 0.1) is 5.82 Å². The molecule has 2 aromatic rings. The molecule has 128 valence electrons. The normalized spacial score (nSPS) is 16.3. The second kappa shape index (κ2) is 7.18. The Hall–Kier alpha value is -2.14. The molecule has 24 heavy (non-hydrogen) atoms. The predicted molar refractivity (Wildman–Crippen MR) is 92.2 cm³/mol. The van der Waals surface area contributed by atoms with Crippen molar-refractivity contribution in [3.05, 3.63) is 59.7 Å². The molecular weight excluding hydrogens is 305 g/mol. The zero-order valence-corrected chi connectivity index (χ0v) is 14.3. The van der Waals surface area contributed by atoms with E-state index < -0.39 is 0 Å². The van der Waals surface area contributed by atoms with Gasteiger partial charge in [0.25, 0.3) is 5.91 Å². The van der Waals surface area contributed by atoms with Gasteiger partial charge in [-0.1, -0.05) is 18.2 Å². The molecule has 4 nitrogen and oxygen atoms in total. The van der Waals surface area contributed by atoms with Crippen molar-refractivity contribution in [1.29, 1.82) is 0 Å². The van der Waals surface area contributed by atoms with Gasteiger partial charge >= 0.3 is 0 Å². The quantitative estimate of drug-likeness (QED) is 0.863. The number of nitrogens with zero attached hydrogens (tertiary/aromatic N) is 3. The van der Waals surface area contributed by atoms with Gasteiger partial charge < -0.3 is 14.4 Å². The zero-order valence-electron chi connectivity index (χ0n) is 14.3. The van der Waals surface area contributed by atoms with Gasteiger partial charge in [-0.2, -0.15) is 0 Å². The van der Waals surface area contributed by atoms with Crippen LogP contribution in [-0.2, 0) is 13.6 Å². The Bertz CT molecular complexity index is 704. The molecule has 0 bridgehead atoms. The SMILES string of the molecule is CN1CCC(N(Cc2ccccc2F)C(=O)c2cccn2C)CC1. The lowest BCUT2D eigenvalue weighted by molar-refractivity contribution is 0.0557. The van der Waals surface area contributed by atoms with E-state index in [1.54, 1.807) is 12.1 Å². The molecule has 0 atom stereocenters. The van der Waals surface area contributed by atoms with E-state index in [0.717, 1.165) is 25.9 Å². The molecule has 0 spiro atoms.